The highest BCUT2D eigenvalue weighted by Gasteiger charge is 2.49. The Balaban J connectivity index is 2.79. The summed E-state index contributed by atoms with van der Waals surface area (Å²) in [7, 11) is 0. The molecule has 0 aromatic carbocycles. The first-order valence-corrected chi connectivity index (χ1v) is 5.42. The summed E-state index contributed by atoms with van der Waals surface area (Å²) in [5.74, 6) is 0. The van der Waals surface area contributed by atoms with E-state index < -0.39 is 29.4 Å². The molecule has 0 unspecified atom stereocenters. The second kappa shape index (κ2) is 3.89. The summed E-state index contributed by atoms with van der Waals surface area (Å²) in [6, 6.07) is 0. The molecule has 0 radical (unpaired) electrons. The van der Waals surface area contributed by atoms with Gasteiger partial charge in [-0.15, -0.1) is 0 Å². The van der Waals surface area contributed by atoms with E-state index in [1.807, 2.05) is 0 Å². The zero-order valence-electron chi connectivity index (χ0n) is 10.5. The highest BCUT2D eigenvalue weighted by Crippen LogP contribution is 2.30. The summed E-state index contributed by atoms with van der Waals surface area (Å²) in [6.07, 6.45) is -2.37. The number of aliphatic hydroxyl groups excluding tert-OH is 2. The fourth-order valence-corrected chi connectivity index (χ4v) is 1.78. The maximum atomic E-state index is 11.8. The number of ether oxygens (including phenoxy) is 1. The number of carbonyl (C=O) groups excluding carboxylic acids is 1. The number of aliphatic hydroxyl groups is 2. The molecule has 16 heavy (non-hydrogen) atoms. The number of rotatable bonds is 0. The minimum atomic E-state index is -0.944. The van der Waals surface area contributed by atoms with Crippen molar-refractivity contribution in [3.63, 3.8) is 0 Å². The maximum Gasteiger partial charge on any atom is 0.410 e. The van der Waals surface area contributed by atoms with Crippen molar-refractivity contribution in [2.45, 2.75) is 58.0 Å². The third-order valence-electron chi connectivity index (χ3n) is 2.77. The predicted octanol–water partition coefficient (Wildman–Crippen LogP) is 0.738. The molecule has 1 saturated heterocycles. The minimum Gasteiger partial charge on any atom is -0.444 e. The smallest absolute Gasteiger partial charge is 0.410 e. The van der Waals surface area contributed by atoms with Gasteiger partial charge in [-0.3, -0.25) is 4.90 Å². The van der Waals surface area contributed by atoms with Gasteiger partial charge in [0.15, 0.2) is 0 Å². The number of β-amino-alcohol motifs (C(OH)–C–C–N with tert-alkyl or cyclic N) is 1. The van der Waals surface area contributed by atoms with Gasteiger partial charge < -0.3 is 14.9 Å². The van der Waals surface area contributed by atoms with Gasteiger partial charge in [0.2, 0.25) is 0 Å². The summed E-state index contributed by atoms with van der Waals surface area (Å²) in [6.45, 7) is 8.85. The van der Waals surface area contributed by atoms with Crippen molar-refractivity contribution in [2.75, 3.05) is 6.54 Å². The van der Waals surface area contributed by atoms with Crippen molar-refractivity contribution in [1.82, 2.24) is 4.90 Å². The molecule has 0 aromatic rings. The average molecular weight is 231 g/mol. The van der Waals surface area contributed by atoms with Gasteiger partial charge in [0.25, 0.3) is 0 Å². The first-order chi connectivity index (χ1) is 7.05. The van der Waals surface area contributed by atoms with Crippen LogP contribution in [-0.2, 0) is 4.74 Å². The summed E-state index contributed by atoms with van der Waals surface area (Å²) in [5.41, 5.74) is -1.38. The molecule has 94 valence electrons. The van der Waals surface area contributed by atoms with Gasteiger partial charge in [-0.05, 0) is 34.6 Å². The number of nitrogens with zero attached hydrogens (tertiary/aromatic N) is 1. The van der Waals surface area contributed by atoms with Crippen LogP contribution in [-0.4, -0.2) is 51.1 Å². The Morgan fingerprint density at radius 2 is 1.88 bits per heavy atom. The van der Waals surface area contributed by atoms with Crippen LogP contribution in [0, 0.1) is 0 Å². The summed E-state index contributed by atoms with van der Waals surface area (Å²) < 4.78 is 5.22. The largest absolute Gasteiger partial charge is 0.444 e. The molecular weight excluding hydrogens is 210 g/mol. The quantitative estimate of drug-likeness (QED) is 0.645. The summed E-state index contributed by atoms with van der Waals surface area (Å²) >= 11 is 0. The highest BCUT2D eigenvalue weighted by molar-refractivity contribution is 5.70. The molecule has 1 fully saturated rings. The molecule has 2 N–H and O–H groups in total. The van der Waals surface area contributed by atoms with Crippen molar-refractivity contribution < 1.29 is 19.7 Å². The van der Waals surface area contributed by atoms with Gasteiger partial charge in [-0.1, -0.05) is 0 Å². The number of amides is 1. The van der Waals surface area contributed by atoms with E-state index in [1.54, 1.807) is 34.6 Å². The third kappa shape index (κ3) is 2.47. The van der Waals surface area contributed by atoms with E-state index in [9.17, 15) is 15.0 Å². The van der Waals surface area contributed by atoms with E-state index in [-0.39, 0.29) is 6.54 Å². The van der Waals surface area contributed by atoms with Crippen molar-refractivity contribution in [2.24, 2.45) is 0 Å². The van der Waals surface area contributed by atoms with Gasteiger partial charge >= 0.3 is 6.09 Å². The molecule has 1 amide bonds. The van der Waals surface area contributed by atoms with E-state index in [2.05, 4.69) is 0 Å². The van der Waals surface area contributed by atoms with E-state index in [0.717, 1.165) is 0 Å². The number of carbonyl (C=O) groups is 1. The topological polar surface area (TPSA) is 70.0 Å². The molecule has 0 aliphatic carbocycles. The minimum absolute atomic E-state index is 0.100. The lowest BCUT2D eigenvalue weighted by Gasteiger charge is -2.34. The monoisotopic (exact) mass is 231 g/mol. The standard InChI is InChI=1S/C11H21NO4/c1-10(2,3)16-9(15)12-6-7(13)8(14)11(12,4)5/h7-8,13-14H,6H2,1-5H3/t7-,8-/m1/s1. The molecule has 1 rings (SSSR count). The van der Waals surface area contributed by atoms with Gasteiger partial charge in [0.05, 0.1) is 18.2 Å². The molecule has 1 heterocycles. The normalized spacial score (nSPS) is 29.3. The first kappa shape index (κ1) is 13.3. The second-order valence-corrected chi connectivity index (χ2v) is 5.76. The van der Waals surface area contributed by atoms with Gasteiger partial charge in [0.1, 0.15) is 11.7 Å². The number of hydrogen-bond acceptors (Lipinski definition) is 4. The molecule has 5 nitrogen and oxygen atoms in total. The Morgan fingerprint density at radius 1 is 1.38 bits per heavy atom. The van der Waals surface area contributed by atoms with Crippen LogP contribution in [0.25, 0.3) is 0 Å². The molecular formula is C11H21NO4. The molecule has 0 saturated carbocycles. The number of hydrogen-bond donors (Lipinski definition) is 2. The SMILES string of the molecule is CC(C)(C)OC(=O)N1C[C@@H](O)[C@@H](O)C1(C)C. The Hall–Kier alpha value is -0.810. The molecule has 2 atom stereocenters. The lowest BCUT2D eigenvalue weighted by atomic mass is 9.98. The van der Waals surface area contributed by atoms with Crippen LogP contribution in [0.15, 0.2) is 0 Å². The van der Waals surface area contributed by atoms with Crippen LogP contribution in [0.4, 0.5) is 4.79 Å². The van der Waals surface area contributed by atoms with E-state index in [0.29, 0.717) is 0 Å². The lowest BCUT2D eigenvalue weighted by Crippen LogP contribution is -2.50. The zero-order chi connectivity index (χ0) is 12.7. The molecule has 1 aliphatic heterocycles. The van der Waals surface area contributed by atoms with Crippen molar-refractivity contribution in [3.05, 3.63) is 0 Å². The van der Waals surface area contributed by atoms with E-state index in [4.69, 9.17) is 4.74 Å². The fraction of sp³-hybridized carbons (Fsp3) is 0.909. The van der Waals surface area contributed by atoms with Crippen molar-refractivity contribution in [1.29, 1.82) is 0 Å². The second-order valence-electron chi connectivity index (χ2n) is 5.76. The molecule has 0 bridgehead atoms. The van der Waals surface area contributed by atoms with Crippen LogP contribution in [0.5, 0.6) is 0 Å². The third-order valence-corrected chi connectivity index (χ3v) is 2.77. The molecule has 5 heteroatoms. The average Bonchev–Trinajstić information content (AvgIpc) is 2.26. The zero-order valence-corrected chi connectivity index (χ0v) is 10.5. The fourth-order valence-electron chi connectivity index (χ4n) is 1.78. The lowest BCUT2D eigenvalue weighted by molar-refractivity contribution is -0.0110. The Kier molecular flexibility index (Phi) is 3.22. The Morgan fingerprint density at radius 3 is 2.19 bits per heavy atom. The Bertz CT molecular complexity index is 282. The number of likely N-dealkylation sites (tertiary alicyclic amines) is 1. The van der Waals surface area contributed by atoms with Crippen LogP contribution in [0.2, 0.25) is 0 Å². The van der Waals surface area contributed by atoms with Crippen LogP contribution >= 0.6 is 0 Å². The van der Waals surface area contributed by atoms with E-state index in [1.165, 1.54) is 4.90 Å². The predicted molar refractivity (Wildman–Crippen MR) is 59.0 cm³/mol. The first-order valence-electron chi connectivity index (χ1n) is 5.42. The van der Waals surface area contributed by atoms with Crippen LogP contribution < -0.4 is 0 Å². The van der Waals surface area contributed by atoms with Gasteiger partial charge in [-0.25, -0.2) is 4.79 Å². The van der Waals surface area contributed by atoms with Gasteiger partial charge in [-0.2, -0.15) is 0 Å². The van der Waals surface area contributed by atoms with Gasteiger partial charge in [0, 0.05) is 0 Å². The maximum absolute atomic E-state index is 11.8. The van der Waals surface area contributed by atoms with E-state index >= 15 is 0 Å². The van der Waals surface area contributed by atoms with Crippen LogP contribution in [0.3, 0.4) is 0 Å². The van der Waals surface area contributed by atoms with Crippen molar-refractivity contribution in [3.8, 4) is 0 Å². The molecule has 0 aromatic heterocycles. The summed E-state index contributed by atoms with van der Waals surface area (Å²) in [5, 5.41) is 19.3. The Labute approximate surface area is 96.0 Å². The van der Waals surface area contributed by atoms with Crippen LogP contribution in [0.1, 0.15) is 34.6 Å². The van der Waals surface area contributed by atoms with Crippen molar-refractivity contribution >= 4 is 6.09 Å². The highest BCUT2D eigenvalue weighted by atomic mass is 16.6. The molecule has 1 aliphatic rings. The summed E-state index contributed by atoms with van der Waals surface area (Å²) in [4.78, 5) is 13.2. The molecule has 0 spiro atoms.